The number of hydrogen-bond acceptors (Lipinski definition) is 1. The molecule has 110 valence electrons. The minimum Gasteiger partial charge on any atom is -0.338 e. The molecule has 0 unspecified atom stereocenters. The lowest BCUT2D eigenvalue weighted by molar-refractivity contribution is -0.0494. The molecule has 2 aromatic rings. The zero-order chi connectivity index (χ0) is 15.0. The summed E-state index contributed by atoms with van der Waals surface area (Å²) in [5.41, 5.74) is 0.551. The average Bonchev–Trinajstić information content (AvgIpc) is 2.46. The molecule has 0 bridgehead atoms. The summed E-state index contributed by atoms with van der Waals surface area (Å²) in [6.45, 7) is 0.231. The van der Waals surface area contributed by atoms with Crippen molar-refractivity contribution in [1.29, 1.82) is 0 Å². The fourth-order valence-corrected chi connectivity index (χ4v) is 2.95. The third-order valence-corrected chi connectivity index (χ3v) is 4.32. The Hall–Kier alpha value is -1.49. The van der Waals surface area contributed by atoms with E-state index >= 15 is 0 Å². The molecule has 1 aliphatic heterocycles. The minimum absolute atomic E-state index is 0.115. The van der Waals surface area contributed by atoms with Gasteiger partial charge in [-0.25, -0.2) is 8.78 Å². The molecule has 1 fully saturated rings. The van der Waals surface area contributed by atoms with Gasteiger partial charge in [-0.1, -0.05) is 28.1 Å². The monoisotopic (exact) mass is 353 g/mol. The van der Waals surface area contributed by atoms with Gasteiger partial charge >= 0.3 is 0 Å². The quantitative estimate of drug-likeness (QED) is 0.740. The summed E-state index contributed by atoms with van der Waals surface area (Å²) in [5, 5.41) is 2.00. The van der Waals surface area contributed by atoms with Crippen LogP contribution in [0, 0.1) is 0 Å². The van der Waals surface area contributed by atoms with Crippen molar-refractivity contribution in [2.24, 2.45) is 0 Å². The van der Waals surface area contributed by atoms with Crippen molar-refractivity contribution in [3.8, 4) is 0 Å². The van der Waals surface area contributed by atoms with Crippen molar-refractivity contribution >= 4 is 32.6 Å². The number of nitrogens with zero attached hydrogens (tertiary/aromatic N) is 1. The Balaban J connectivity index is 1.83. The molecule has 1 aliphatic rings. The van der Waals surface area contributed by atoms with E-state index in [0.29, 0.717) is 5.56 Å². The second kappa shape index (κ2) is 5.37. The van der Waals surface area contributed by atoms with Gasteiger partial charge in [0.15, 0.2) is 0 Å². The van der Waals surface area contributed by atoms with Crippen LogP contribution in [0.3, 0.4) is 0 Å². The van der Waals surface area contributed by atoms with Crippen LogP contribution in [-0.4, -0.2) is 29.8 Å². The van der Waals surface area contributed by atoms with Crippen LogP contribution < -0.4 is 0 Å². The maximum Gasteiger partial charge on any atom is 0.253 e. The van der Waals surface area contributed by atoms with Gasteiger partial charge in [0.05, 0.1) is 0 Å². The number of alkyl halides is 2. The smallest absolute Gasteiger partial charge is 0.253 e. The van der Waals surface area contributed by atoms with E-state index in [0.717, 1.165) is 15.2 Å². The summed E-state index contributed by atoms with van der Waals surface area (Å²) in [6, 6.07) is 11.3. The average molecular weight is 354 g/mol. The highest BCUT2D eigenvalue weighted by Gasteiger charge is 2.35. The van der Waals surface area contributed by atoms with Crippen LogP contribution in [0.1, 0.15) is 23.2 Å². The summed E-state index contributed by atoms with van der Waals surface area (Å²) in [5.74, 6) is -2.80. The Kier molecular flexibility index (Phi) is 3.69. The SMILES string of the molecule is O=C(c1ccc2cc(Br)ccc2c1)N1CCC(F)(F)CC1. The predicted octanol–water partition coefficient (Wildman–Crippen LogP) is 4.47. The number of rotatable bonds is 1. The lowest BCUT2D eigenvalue weighted by Crippen LogP contribution is -2.42. The fourth-order valence-electron chi connectivity index (χ4n) is 2.57. The Morgan fingerprint density at radius 3 is 2.38 bits per heavy atom. The number of benzene rings is 2. The van der Waals surface area contributed by atoms with E-state index in [-0.39, 0.29) is 31.8 Å². The van der Waals surface area contributed by atoms with Crippen molar-refractivity contribution in [2.75, 3.05) is 13.1 Å². The van der Waals surface area contributed by atoms with E-state index in [1.807, 2.05) is 30.3 Å². The molecule has 0 saturated carbocycles. The van der Waals surface area contributed by atoms with E-state index in [1.165, 1.54) is 4.90 Å². The van der Waals surface area contributed by atoms with Gasteiger partial charge in [0.1, 0.15) is 0 Å². The number of carbonyl (C=O) groups is 1. The van der Waals surface area contributed by atoms with Gasteiger partial charge in [-0.2, -0.15) is 0 Å². The molecule has 1 heterocycles. The molecule has 0 aliphatic carbocycles. The van der Waals surface area contributed by atoms with Crippen molar-refractivity contribution in [3.05, 3.63) is 46.4 Å². The summed E-state index contributed by atoms with van der Waals surface area (Å²) in [4.78, 5) is 13.9. The van der Waals surface area contributed by atoms with Gasteiger partial charge in [0.25, 0.3) is 11.8 Å². The molecular formula is C16H14BrF2NO. The van der Waals surface area contributed by atoms with Crippen molar-refractivity contribution in [3.63, 3.8) is 0 Å². The molecule has 0 N–H and O–H groups in total. The first-order valence-electron chi connectivity index (χ1n) is 6.81. The first-order chi connectivity index (χ1) is 9.94. The second-order valence-corrected chi connectivity index (χ2v) is 6.27. The van der Waals surface area contributed by atoms with E-state index < -0.39 is 5.92 Å². The van der Waals surface area contributed by atoms with Crippen LogP contribution in [0.4, 0.5) is 8.78 Å². The van der Waals surface area contributed by atoms with Gasteiger partial charge in [0.2, 0.25) is 0 Å². The molecule has 3 rings (SSSR count). The van der Waals surface area contributed by atoms with Gasteiger partial charge in [-0.05, 0) is 35.0 Å². The third-order valence-electron chi connectivity index (χ3n) is 3.83. The summed E-state index contributed by atoms with van der Waals surface area (Å²) >= 11 is 3.41. The molecular weight excluding hydrogens is 340 g/mol. The zero-order valence-electron chi connectivity index (χ0n) is 11.3. The molecule has 2 aromatic carbocycles. The van der Waals surface area contributed by atoms with Crippen LogP contribution in [0.15, 0.2) is 40.9 Å². The zero-order valence-corrected chi connectivity index (χ0v) is 12.9. The summed E-state index contributed by atoms with van der Waals surface area (Å²) in [7, 11) is 0. The minimum atomic E-state index is -2.63. The molecule has 1 saturated heterocycles. The highest BCUT2D eigenvalue weighted by molar-refractivity contribution is 9.10. The van der Waals surface area contributed by atoms with Gasteiger partial charge in [-0.15, -0.1) is 0 Å². The van der Waals surface area contributed by atoms with Crippen LogP contribution >= 0.6 is 15.9 Å². The molecule has 2 nitrogen and oxygen atoms in total. The number of amides is 1. The molecule has 0 radical (unpaired) electrons. The first-order valence-corrected chi connectivity index (χ1v) is 7.60. The Morgan fingerprint density at radius 2 is 1.67 bits per heavy atom. The van der Waals surface area contributed by atoms with Crippen LogP contribution in [0.5, 0.6) is 0 Å². The third kappa shape index (κ3) is 3.07. The number of halogens is 3. The van der Waals surface area contributed by atoms with E-state index in [2.05, 4.69) is 15.9 Å². The van der Waals surface area contributed by atoms with Gasteiger partial charge in [-0.3, -0.25) is 4.79 Å². The maximum atomic E-state index is 13.1. The van der Waals surface area contributed by atoms with Crippen LogP contribution in [0.2, 0.25) is 0 Å². The number of hydrogen-bond donors (Lipinski definition) is 0. The van der Waals surface area contributed by atoms with Crippen LogP contribution in [0.25, 0.3) is 10.8 Å². The van der Waals surface area contributed by atoms with Gasteiger partial charge in [0, 0.05) is 36.0 Å². The standard InChI is InChI=1S/C16H14BrF2NO/c17-14-4-3-11-9-13(2-1-12(11)10-14)15(21)20-7-5-16(18,19)6-8-20/h1-4,9-10H,5-8H2. The first kappa shape index (κ1) is 14.4. The molecule has 21 heavy (non-hydrogen) atoms. The number of piperidine rings is 1. The lowest BCUT2D eigenvalue weighted by atomic mass is 10.0. The number of likely N-dealkylation sites (tertiary alicyclic amines) is 1. The second-order valence-electron chi connectivity index (χ2n) is 5.35. The maximum absolute atomic E-state index is 13.1. The van der Waals surface area contributed by atoms with E-state index in [4.69, 9.17) is 0 Å². The molecule has 0 atom stereocenters. The molecule has 5 heteroatoms. The molecule has 1 amide bonds. The van der Waals surface area contributed by atoms with Crippen LogP contribution in [-0.2, 0) is 0 Å². The Labute approximate surface area is 129 Å². The topological polar surface area (TPSA) is 20.3 Å². The number of fused-ring (bicyclic) bond motifs is 1. The summed E-state index contributed by atoms with van der Waals surface area (Å²) < 4.78 is 27.3. The lowest BCUT2D eigenvalue weighted by Gasteiger charge is -2.31. The van der Waals surface area contributed by atoms with Crippen molar-refractivity contribution < 1.29 is 13.6 Å². The number of carbonyl (C=O) groups excluding carboxylic acids is 1. The van der Waals surface area contributed by atoms with Crippen molar-refractivity contribution in [1.82, 2.24) is 4.90 Å². The largest absolute Gasteiger partial charge is 0.338 e. The highest BCUT2D eigenvalue weighted by Crippen LogP contribution is 2.29. The predicted molar refractivity (Wildman–Crippen MR) is 81.7 cm³/mol. The van der Waals surface area contributed by atoms with Crippen molar-refractivity contribution in [2.45, 2.75) is 18.8 Å². The Morgan fingerprint density at radius 1 is 1.05 bits per heavy atom. The Bertz CT molecular complexity index is 692. The highest BCUT2D eigenvalue weighted by atomic mass is 79.9. The fraction of sp³-hybridized carbons (Fsp3) is 0.312. The summed E-state index contributed by atoms with van der Waals surface area (Å²) in [6.07, 6.45) is -0.501. The molecule has 0 spiro atoms. The van der Waals surface area contributed by atoms with Gasteiger partial charge < -0.3 is 4.90 Å². The molecule has 0 aromatic heterocycles. The van der Waals surface area contributed by atoms with E-state index in [1.54, 1.807) is 6.07 Å². The van der Waals surface area contributed by atoms with E-state index in [9.17, 15) is 13.6 Å². The normalized spacial score (nSPS) is 18.0.